The first-order valence-corrected chi connectivity index (χ1v) is 10.3. The lowest BCUT2D eigenvalue weighted by molar-refractivity contribution is -0.171. The number of halogens is 3. The van der Waals surface area contributed by atoms with Crippen LogP contribution in [0, 0.1) is 5.92 Å². The summed E-state index contributed by atoms with van der Waals surface area (Å²) in [4.78, 5) is 37.8. The molecule has 1 aromatic carbocycles. The predicted octanol–water partition coefficient (Wildman–Crippen LogP) is 1.08. The molecule has 3 heterocycles. The number of nitrogens with zero attached hydrogens (tertiary/aromatic N) is 3. The first kappa shape index (κ1) is 22.1. The van der Waals surface area contributed by atoms with Gasteiger partial charge in [0.2, 0.25) is 5.91 Å². The minimum Gasteiger partial charge on any atom is -0.332 e. The molecule has 0 bridgehead atoms. The molecule has 0 saturated carbocycles. The second kappa shape index (κ2) is 8.79. The van der Waals surface area contributed by atoms with E-state index in [0.717, 1.165) is 11.6 Å². The molecule has 3 N–H and O–H groups in total. The van der Waals surface area contributed by atoms with E-state index >= 15 is 0 Å². The van der Waals surface area contributed by atoms with E-state index in [4.69, 9.17) is 0 Å². The summed E-state index contributed by atoms with van der Waals surface area (Å²) in [5.41, 5.74) is 4.77. The topological polar surface area (TPSA) is 97.0 Å². The Hall–Kier alpha value is -3.12. The number of hydrazine groups is 2. The number of benzene rings is 1. The Kier molecular flexibility index (Phi) is 6.07. The molecule has 172 valence electrons. The molecule has 3 amide bonds. The Morgan fingerprint density at radius 1 is 1.09 bits per heavy atom. The van der Waals surface area contributed by atoms with Crippen LogP contribution >= 0.6 is 0 Å². The van der Waals surface area contributed by atoms with Gasteiger partial charge in [-0.15, -0.1) is 0 Å². The number of hydrogen-bond donors (Lipinski definition) is 3. The van der Waals surface area contributed by atoms with Crippen LogP contribution in [-0.2, 0) is 20.8 Å². The molecular formula is C20H23F3N6O3. The van der Waals surface area contributed by atoms with E-state index in [2.05, 4.69) is 16.1 Å². The van der Waals surface area contributed by atoms with Crippen LogP contribution in [0.1, 0.15) is 12.0 Å². The molecule has 3 aliphatic rings. The lowest BCUT2D eigenvalue weighted by Crippen LogP contribution is -2.59. The van der Waals surface area contributed by atoms with Crippen LogP contribution < -0.4 is 16.1 Å². The maximum Gasteiger partial charge on any atom is 0.396 e. The van der Waals surface area contributed by atoms with Crippen molar-refractivity contribution >= 4 is 29.1 Å². The number of amides is 3. The highest BCUT2D eigenvalue weighted by Gasteiger charge is 2.40. The van der Waals surface area contributed by atoms with Gasteiger partial charge in [0.1, 0.15) is 0 Å². The van der Waals surface area contributed by atoms with Crippen molar-refractivity contribution in [1.82, 2.24) is 20.5 Å². The van der Waals surface area contributed by atoms with Gasteiger partial charge in [-0.05, 0) is 30.2 Å². The molecule has 4 rings (SSSR count). The number of fused-ring (bicyclic) bond motifs is 1. The Balaban J connectivity index is 1.28. The predicted molar refractivity (Wildman–Crippen MR) is 109 cm³/mol. The minimum atomic E-state index is -4.29. The largest absolute Gasteiger partial charge is 0.396 e. The Bertz CT molecular complexity index is 943. The third kappa shape index (κ3) is 4.86. The van der Waals surface area contributed by atoms with Crippen LogP contribution in [0.4, 0.5) is 24.5 Å². The number of carbonyl (C=O) groups excluding carboxylic acids is 3. The summed E-state index contributed by atoms with van der Waals surface area (Å²) in [6.07, 6.45) is -0.926. The van der Waals surface area contributed by atoms with Crippen LogP contribution in [0.25, 0.3) is 0 Å². The number of rotatable bonds is 2. The molecule has 3 aliphatic heterocycles. The van der Waals surface area contributed by atoms with Gasteiger partial charge in [-0.2, -0.15) is 13.2 Å². The van der Waals surface area contributed by atoms with Gasteiger partial charge in [0.25, 0.3) is 0 Å². The first-order valence-electron chi connectivity index (χ1n) is 10.3. The Morgan fingerprint density at radius 2 is 1.84 bits per heavy atom. The van der Waals surface area contributed by atoms with Crippen molar-refractivity contribution < 1.29 is 27.6 Å². The molecule has 12 heteroatoms. The van der Waals surface area contributed by atoms with Crippen LogP contribution in [-0.4, -0.2) is 71.6 Å². The highest BCUT2D eigenvalue weighted by Crippen LogP contribution is 2.29. The summed E-state index contributed by atoms with van der Waals surface area (Å²) in [6.45, 7) is 0.998. The molecule has 0 aromatic heterocycles. The summed E-state index contributed by atoms with van der Waals surface area (Å²) >= 11 is 0. The number of nitrogens with one attached hydrogen (secondary N) is 3. The average Bonchev–Trinajstić information content (AvgIpc) is 2.78. The van der Waals surface area contributed by atoms with Gasteiger partial charge < -0.3 is 15.5 Å². The summed E-state index contributed by atoms with van der Waals surface area (Å²) < 4.78 is 38.3. The van der Waals surface area contributed by atoms with Gasteiger partial charge in [-0.25, -0.2) is 15.6 Å². The molecule has 32 heavy (non-hydrogen) atoms. The molecule has 1 atom stereocenters. The average molecular weight is 452 g/mol. The van der Waals surface area contributed by atoms with Crippen molar-refractivity contribution in [1.29, 1.82) is 0 Å². The monoisotopic (exact) mass is 452 g/mol. The van der Waals surface area contributed by atoms with Crippen LogP contribution in [0.15, 0.2) is 30.5 Å². The number of aryl methyl sites for hydroxylation is 1. The van der Waals surface area contributed by atoms with Gasteiger partial charge in [0, 0.05) is 56.7 Å². The number of carbonyl (C=O) groups is 3. The number of piperazine rings is 1. The van der Waals surface area contributed by atoms with Crippen LogP contribution in [0.5, 0.6) is 0 Å². The number of hydrogen-bond acceptors (Lipinski definition) is 6. The summed E-state index contributed by atoms with van der Waals surface area (Å²) in [5.74, 6) is -3.03. The van der Waals surface area contributed by atoms with E-state index in [9.17, 15) is 27.6 Å². The summed E-state index contributed by atoms with van der Waals surface area (Å²) in [6, 6.07) is 5.05. The van der Waals surface area contributed by atoms with Gasteiger partial charge >= 0.3 is 18.0 Å². The number of alkyl halides is 3. The molecule has 0 aliphatic carbocycles. The molecular weight excluding hydrogens is 429 g/mol. The normalized spacial score (nSPS) is 21.7. The van der Waals surface area contributed by atoms with Gasteiger partial charge in [0.05, 0.1) is 5.92 Å². The minimum absolute atomic E-state index is 0.0565. The van der Waals surface area contributed by atoms with Crippen molar-refractivity contribution in [3.05, 3.63) is 36.0 Å². The highest BCUT2D eigenvalue weighted by atomic mass is 19.4. The highest BCUT2D eigenvalue weighted by molar-refractivity contribution is 6.39. The fourth-order valence-corrected chi connectivity index (χ4v) is 3.82. The van der Waals surface area contributed by atoms with E-state index in [1.807, 2.05) is 0 Å². The smallest absolute Gasteiger partial charge is 0.332 e. The zero-order valence-corrected chi connectivity index (χ0v) is 17.1. The van der Waals surface area contributed by atoms with E-state index in [1.54, 1.807) is 23.2 Å². The quantitative estimate of drug-likeness (QED) is 0.582. The Morgan fingerprint density at radius 3 is 2.50 bits per heavy atom. The maximum atomic E-state index is 12.8. The third-order valence-electron chi connectivity index (χ3n) is 5.65. The second-order valence-electron chi connectivity index (χ2n) is 7.82. The summed E-state index contributed by atoms with van der Waals surface area (Å²) in [7, 11) is 0. The van der Waals surface area contributed by atoms with E-state index in [1.165, 1.54) is 16.2 Å². The lowest BCUT2D eigenvalue weighted by atomic mass is 10.0. The van der Waals surface area contributed by atoms with Gasteiger partial charge in [-0.3, -0.25) is 14.4 Å². The standard InChI is InChI=1S/C20H23F3N6O3/c21-20(22,23)14-5-6-29(24-12-14)28-9-7-27(8-10-28)19(32)18(31)25-15-2-3-16-13(11-15)1-4-17(30)26-16/h2-3,5-6,11,14,24H,1,4,7-10,12H2,(H,25,31)(H,26,30). The van der Waals surface area contributed by atoms with E-state index in [-0.39, 0.29) is 25.5 Å². The van der Waals surface area contributed by atoms with Crippen molar-refractivity contribution in [3.63, 3.8) is 0 Å². The number of anilines is 2. The van der Waals surface area contributed by atoms with Crippen LogP contribution in [0.2, 0.25) is 0 Å². The SMILES string of the molecule is O=C1CCc2cc(NC(=O)C(=O)N3CCN(N4C=CC(C(F)(F)F)CN4)CC3)ccc2N1. The molecule has 1 unspecified atom stereocenters. The van der Waals surface area contributed by atoms with E-state index in [0.29, 0.717) is 37.3 Å². The Labute approximate surface area is 182 Å². The zero-order valence-electron chi connectivity index (χ0n) is 17.1. The summed E-state index contributed by atoms with van der Waals surface area (Å²) in [5, 5.41) is 8.63. The fourth-order valence-electron chi connectivity index (χ4n) is 3.82. The van der Waals surface area contributed by atoms with Crippen molar-refractivity contribution in [2.24, 2.45) is 5.92 Å². The van der Waals surface area contributed by atoms with Crippen LogP contribution in [0.3, 0.4) is 0 Å². The lowest BCUT2D eigenvalue weighted by Gasteiger charge is -2.42. The molecule has 0 spiro atoms. The third-order valence-corrected chi connectivity index (χ3v) is 5.65. The molecule has 1 saturated heterocycles. The van der Waals surface area contributed by atoms with Crippen molar-refractivity contribution in [2.45, 2.75) is 19.0 Å². The first-order chi connectivity index (χ1) is 15.2. The molecule has 1 aromatic rings. The molecule has 1 fully saturated rings. The maximum absolute atomic E-state index is 12.8. The zero-order chi connectivity index (χ0) is 22.9. The van der Waals surface area contributed by atoms with Crippen molar-refractivity contribution in [3.8, 4) is 0 Å². The van der Waals surface area contributed by atoms with E-state index < -0.39 is 23.9 Å². The second-order valence-corrected chi connectivity index (χ2v) is 7.82. The van der Waals surface area contributed by atoms with Gasteiger partial charge in [-0.1, -0.05) is 6.08 Å². The van der Waals surface area contributed by atoms with Gasteiger partial charge in [0.15, 0.2) is 0 Å². The molecule has 0 radical (unpaired) electrons. The fraction of sp³-hybridized carbons (Fsp3) is 0.450. The molecule has 9 nitrogen and oxygen atoms in total. The van der Waals surface area contributed by atoms with Crippen molar-refractivity contribution in [2.75, 3.05) is 43.4 Å².